The molecular formula is C26H27FN4O4. The SMILES string of the molecule is O=C(CN1CCC(C(=O)NCc2ccco2)CC1)Nc1ccccc1C(=O)Nc1ccc(F)cc1. The second kappa shape index (κ2) is 11.4. The topological polar surface area (TPSA) is 104 Å². The van der Waals surface area contributed by atoms with Crippen molar-refractivity contribution in [1.29, 1.82) is 0 Å². The summed E-state index contributed by atoms with van der Waals surface area (Å²) in [5.41, 5.74) is 1.15. The average molecular weight is 479 g/mol. The minimum atomic E-state index is -0.408. The highest BCUT2D eigenvalue weighted by Gasteiger charge is 2.26. The molecule has 1 saturated heterocycles. The van der Waals surface area contributed by atoms with Gasteiger partial charge >= 0.3 is 0 Å². The molecule has 35 heavy (non-hydrogen) atoms. The van der Waals surface area contributed by atoms with Crippen molar-refractivity contribution in [2.75, 3.05) is 30.3 Å². The fourth-order valence-corrected chi connectivity index (χ4v) is 4.00. The van der Waals surface area contributed by atoms with Crippen LogP contribution in [0, 0.1) is 11.7 Å². The van der Waals surface area contributed by atoms with Gasteiger partial charge in [-0.2, -0.15) is 0 Å². The number of hydrogen-bond donors (Lipinski definition) is 3. The first kappa shape index (κ1) is 24.2. The third kappa shape index (κ3) is 6.77. The van der Waals surface area contributed by atoms with Crippen molar-refractivity contribution in [2.24, 2.45) is 5.92 Å². The Balaban J connectivity index is 1.26. The number of piperidine rings is 1. The monoisotopic (exact) mass is 478 g/mol. The number of benzene rings is 2. The normalized spacial score (nSPS) is 14.3. The molecule has 0 aliphatic carbocycles. The first-order valence-corrected chi connectivity index (χ1v) is 11.5. The van der Waals surface area contributed by atoms with E-state index in [1.165, 1.54) is 24.3 Å². The number of amides is 3. The van der Waals surface area contributed by atoms with Gasteiger partial charge in [-0.15, -0.1) is 0 Å². The number of rotatable bonds is 8. The Morgan fingerprint density at radius 1 is 0.943 bits per heavy atom. The molecule has 3 N–H and O–H groups in total. The van der Waals surface area contributed by atoms with Gasteiger partial charge in [0, 0.05) is 11.6 Å². The van der Waals surface area contributed by atoms with Crippen LogP contribution in [0.2, 0.25) is 0 Å². The molecule has 9 heteroatoms. The van der Waals surface area contributed by atoms with Crippen molar-refractivity contribution in [3.8, 4) is 0 Å². The van der Waals surface area contributed by atoms with Crippen LogP contribution in [0.5, 0.6) is 0 Å². The Morgan fingerprint density at radius 3 is 2.40 bits per heavy atom. The Kier molecular flexibility index (Phi) is 7.89. The van der Waals surface area contributed by atoms with Gasteiger partial charge in [-0.05, 0) is 74.5 Å². The van der Waals surface area contributed by atoms with E-state index in [2.05, 4.69) is 16.0 Å². The van der Waals surface area contributed by atoms with Gasteiger partial charge in [-0.1, -0.05) is 12.1 Å². The maximum absolute atomic E-state index is 13.1. The van der Waals surface area contributed by atoms with Crippen molar-refractivity contribution in [3.05, 3.63) is 84.1 Å². The highest BCUT2D eigenvalue weighted by atomic mass is 19.1. The highest BCUT2D eigenvalue weighted by molar-refractivity contribution is 6.10. The molecule has 1 fully saturated rings. The summed E-state index contributed by atoms with van der Waals surface area (Å²) in [6.07, 6.45) is 2.89. The quantitative estimate of drug-likeness (QED) is 0.459. The lowest BCUT2D eigenvalue weighted by atomic mass is 9.96. The number of anilines is 2. The number of nitrogens with zero attached hydrogens (tertiary/aromatic N) is 1. The van der Waals surface area contributed by atoms with E-state index in [-0.39, 0.29) is 24.3 Å². The molecule has 2 aromatic carbocycles. The molecule has 182 valence electrons. The molecule has 1 aromatic heterocycles. The zero-order valence-electron chi connectivity index (χ0n) is 19.1. The number of carbonyl (C=O) groups excluding carboxylic acids is 3. The number of nitrogens with one attached hydrogen (secondary N) is 3. The van der Waals surface area contributed by atoms with Gasteiger partial charge in [0.15, 0.2) is 0 Å². The molecule has 3 amide bonds. The number of halogens is 1. The maximum atomic E-state index is 13.1. The Morgan fingerprint density at radius 2 is 1.69 bits per heavy atom. The van der Waals surface area contributed by atoms with Gasteiger partial charge in [-0.3, -0.25) is 19.3 Å². The van der Waals surface area contributed by atoms with Crippen molar-refractivity contribution >= 4 is 29.1 Å². The molecule has 0 radical (unpaired) electrons. The smallest absolute Gasteiger partial charge is 0.257 e. The van der Waals surface area contributed by atoms with Crippen molar-refractivity contribution in [2.45, 2.75) is 19.4 Å². The summed E-state index contributed by atoms with van der Waals surface area (Å²) in [7, 11) is 0. The number of carbonyl (C=O) groups is 3. The minimum Gasteiger partial charge on any atom is -0.467 e. The number of para-hydroxylation sites is 1. The van der Waals surface area contributed by atoms with E-state index in [1.54, 1.807) is 36.6 Å². The summed E-state index contributed by atoms with van der Waals surface area (Å²) in [5.74, 6) is -0.443. The molecular weight excluding hydrogens is 451 g/mol. The van der Waals surface area contributed by atoms with Crippen LogP contribution >= 0.6 is 0 Å². The van der Waals surface area contributed by atoms with E-state index in [0.29, 0.717) is 55.2 Å². The highest BCUT2D eigenvalue weighted by Crippen LogP contribution is 2.20. The van der Waals surface area contributed by atoms with E-state index in [4.69, 9.17) is 4.42 Å². The second-order valence-corrected chi connectivity index (χ2v) is 8.40. The standard InChI is InChI=1S/C26H27FN4O4/c27-19-7-9-20(10-8-19)29-26(34)22-5-1-2-6-23(22)30-24(32)17-31-13-11-18(12-14-31)25(33)28-16-21-4-3-15-35-21/h1-10,15,18H,11-14,16-17H2,(H,28,33)(H,29,34)(H,30,32). The van der Waals surface area contributed by atoms with Crippen LogP contribution in [0.1, 0.15) is 29.0 Å². The Hall–Kier alpha value is -3.98. The molecule has 1 aliphatic heterocycles. The summed E-state index contributed by atoms with van der Waals surface area (Å²) in [5, 5.41) is 8.41. The van der Waals surface area contributed by atoms with Gasteiger partial charge in [0.2, 0.25) is 11.8 Å². The van der Waals surface area contributed by atoms with Crippen LogP contribution in [-0.2, 0) is 16.1 Å². The zero-order valence-corrected chi connectivity index (χ0v) is 19.1. The second-order valence-electron chi connectivity index (χ2n) is 8.40. The molecule has 3 aromatic rings. The van der Waals surface area contributed by atoms with Gasteiger partial charge in [0.25, 0.3) is 5.91 Å². The zero-order chi connectivity index (χ0) is 24.6. The van der Waals surface area contributed by atoms with Gasteiger partial charge in [0.05, 0.1) is 30.6 Å². The number of furan rings is 1. The van der Waals surface area contributed by atoms with E-state index in [9.17, 15) is 18.8 Å². The van der Waals surface area contributed by atoms with Crippen molar-refractivity contribution in [3.63, 3.8) is 0 Å². The molecule has 1 aliphatic rings. The first-order valence-electron chi connectivity index (χ1n) is 11.5. The molecule has 8 nitrogen and oxygen atoms in total. The lowest BCUT2D eigenvalue weighted by Crippen LogP contribution is -2.43. The van der Waals surface area contributed by atoms with Crippen LogP contribution in [-0.4, -0.2) is 42.3 Å². The summed E-state index contributed by atoms with van der Waals surface area (Å²) in [6.45, 7) is 1.77. The van der Waals surface area contributed by atoms with Gasteiger partial charge in [0.1, 0.15) is 11.6 Å². The summed E-state index contributed by atoms with van der Waals surface area (Å²) < 4.78 is 18.3. The molecule has 0 unspecified atom stereocenters. The lowest BCUT2D eigenvalue weighted by Gasteiger charge is -2.30. The van der Waals surface area contributed by atoms with Crippen LogP contribution < -0.4 is 16.0 Å². The summed E-state index contributed by atoms with van der Waals surface area (Å²) >= 11 is 0. The molecule has 4 rings (SSSR count). The largest absolute Gasteiger partial charge is 0.467 e. The fraction of sp³-hybridized carbons (Fsp3) is 0.269. The third-order valence-corrected chi connectivity index (χ3v) is 5.89. The van der Waals surface area contributed by atoms with Gasteiger partial charge in [-0.25, -0.2) is 4.39 Å². The van der Waals surface area contributed by atoms with E-state index in [0.717, 1.165) is 0 Å². The predicted octanol–water partition coefficient (Wildman–Crippen LogP) is 3.64. The van der Waals surface area contributed by atoms with E-state index >= 15 is 0 Å². The maximum Gasteiger partial charge on any atom is 0.257 e. The van der Waals surface area contributed by atoms with Crippen molar-refractivity contribution < 1.29 is 23.2 Å². The van der Waals surface area contributed by atoms with Crippen LogP contribution in [0.3, 0.4) is 0 Å². The van der Waals surface area contributed by atoms with Crippen LogP contribution in [0.4, 0.5) is 15.8 Å². The first-order chi connectivity index (χ1) is 17.0. The number of likely N-dealkylation sites (tertiary alicyclic amines) is 1. The molecule has 2 heterocycles. The molecule has 0 atom stereocenters. The third-order valence-electron chi connectivity index (χ3n) is 5.89. The van der Waals surface area contributed by atoms with E-state index in [1.807, 2.05) is 11.0 Å². The van der Waals surface area contributed by atoms with Crippen molar-refractivity contribution in [1.82, 2.24) is 10.2 Å². The minimum absolute atomic E-state index is 0.00778. The Bertz CT molecular complexity index is 1160. The summed E-state index contributed by atoms with van der Waals surface area (Å²) in [6, 6.07) is 15.8. The van der Waals surface area contributed by atoms with Gasteiger partial charge < -0.3 is 20.4 Å². The molecule has 0 bridgehead atoms. The average Bonchev–Trinajstić information content (AvgIpc) is 3.38. The van der Waals surface area contributed by atoms with Crippen LogP contribution in [0.15, 0.2) is 71.3 Å². The fourth-order valence-electron chi connectivity index (χ4n) is 4.00. The predicted molar refractivity (Wildman–Crippen MR) is 129 cm³/mol. The lowest BCUT2D eigenvalue weighted by molar-refractivity contribution is -0.126. The summed E-state index contributed by atoms with van der Waals surface area (Å²) in [4.78, 5) is 39.8. The molecule has 0 saturated carbocycles. The van der Waals surface area contributed by atoms with E-state index < -0.39 is 11.7 Å². The number of hydrogen-bond acceptors (Lipinski definition) is 5. The Labute approximate surface area is 202 Å². The van der Waals surface area contributed by atoms with Crippen LogP contribution in [0.25, 0.3) is 0 Å². The molecule has 0 spiro atoms.